The third-order valence-electron chi connectivity index (χ3n) is 7.22. The quantitative estimate of drug-likeness (QED) is 0.389. The first-order valence-corrected chi connectivity index (χ1v) is 10.4. The Labute approximate surface area is 189 Å². The second kappa shape index (κ2) is 7.14. The van der Waals surface area contributed by atoms with Gasteiger partial charge < -0.3 is 30.9 Å². The Morgan fingerprint density at radius 2 is 1.85 bits per heavy atom. The summed E-state index contributed by atoms with van der Waals surface area (Å²) < 4.78 is 5.31. The number of primary amides is 1. The molecule has 0 aromatic heterocycles. The lowest BCUT2D eigenvalue weighted by molar-refractivity contribution is -0.159. The minimum Gasteiger partial charge on any atom is -0.508 e. The number of fused-ring (bicyclic) bond motifs is 3. The zero-order chi connectivity index (χ0) is 24.6. The Balaban J connectivity index is 2.05. The SMILES string of the molecule is COc1cccc2c1C(O)=C1C(=O)[C@]3(O)C(O)=C(C(N)=O)C(=O)[C@@H](N(C)C)[C@@H]3C[C@@H]1[C@]2(C)O. The predicted octanol–water partition coefficient (Wildman–Crippen LogP) is -0.0680. The lowest BCUT2D eigenvalue weighted by Gasteiger charge is -2.53. The van der Waals surface area contributed by atoms with Crippen LogP contribution in [0.1, 0.15) is 24.5 Å². The summed E-state index contributed by atoms with van der Waals surface area (Å²) in [5.41, 5.74) is 0.123. The number of nitrogens with zero attached hydrogens (tertiary/aromatic N) is 1. The van der Waals surface area contributed by atoms with E-state index in [1.807, 2.05) is 0 Å². The molecule has 0 radical (unpaired) electrons. The summed E-state index contributed by atoms with van der Waals surface area (Å²) in [5, 5.41) is 45.1. The van der Waals surface area contributed by atoms with Crippen molar-refractivity contribution in [3.63, 3.8) is 0 Å². The van der Waals surface area contributed by atoms with Gasteiger partial charge in [0.25, 0.3) is 5.91 Å². The summed E-state index contributed by atoms with van der Waals surface area (Å²) in [6.07, 6.45) is -0.157. The van der Waals surface area contributed by atoms with Gasteiger partial charge >= 0.3 is 0 Å². The predicted molar refractivity (Wildman–Crippen MR) is 115 cm³/mol. The first kappa shape index (κ1) is 23.0. The molecule has 10 heteroatoms. The Morgan fingerprint density at radius 3 is 2.39 bits per heavy atom. The van der Waals surface area contributed by atoms with Crippen molar-refractivity contribution in [1.82, 2.24) is 4.90 Å². The summed E-state index contributed by atoms with van der Waals surface area (Å²) in [7, 11) is 4.41. The number of Topliss-reactive ketones (excluding diaryl/α,β-unsaturated/α-hetero) is 2. The average molecular weight is 458 g/mol. The number of hydrogen-bond acceptors (Lipinski definition) is 9. The molecule has 10 nitrogen and oxygen atoms in total. The van der Waals surface area contributed by atoms with E-state index in [4.69, 9.17) is 10.5 Å². The molecule has 1 saturated carbocycles. The van der Waals surface area contributed by atoms with Gasteiger partial charge in [-0.2, -0.15) is 0 Å². The van der Waals surface area contributed by atoms with Gasteiger partial charge in [0.1, 0.15) is 22.8 Å². The molecule has 3 aliphatic rings. The summed E-state index contributed by atoms with van der Waals surface area (Å²) in [5.74, 6) is -6.94. The van der Waals surface area contributed by atoms with Crippen LogP contribution in [-0.4, -0.2) is 75.6 Å². The fraction of sp³-hybridized carbons (Fsp3) is 0.435. The molecule has 0 aliphatic heterocycles. The number of carbonyl (C=O) groups excluding carboxylic acids is 3. The summed E-state index contributed by atoms with van der Waals surface area (Å²) >= 11 is 0. The van der Waals surface area contributed by atoms with Crippen molar-refractivity contribution < 1.29 is 39.5 Å². The molecule has 0 saturated heterocycles. The van der Waals surface area contributed by atoms with Crippen LogP contribution in [0.3, 0.4) is 0 Å². The second-order valence-electron chi connectivity index (χ2n) is 9.14. The number of likely N-dealkylation sites (N-methyl/N-ethyl adjacent to an activating group) is 1. The van der Waals surface area contributed by atoms with Gasteiger partial charge in [0.2, 0.25) is 5.78 Å². The number of nitrogens with two attached hydrogens (primary N) is 1. The molecule has 5 atom stereocenters. The Morgan fingerprint density at radius 1 is 1.21 bits per heavy atom. The summed E-state index contributed by atoms with van der Waals surface area (Å²) in [6, 6.07) is 3.57. The van der Waals surface area contributed by atoms with E-state index in [2.05, 4.69) is 0 Å². The first-order chi connectivity index (χ1) is 15.3. The maximum atomic E-state index is 13.8. The van der Waals surface area contributed by atoms with Gasteiger partial charge in [0, 0.05) is 17.4 Å². The van der Waals surface area contributed by atoms with Crippen LogP contribution in [0.15, 0.2) is 35.1 Å². The highest BCUT2D eigenvalue weighted by atomic mass is 16.5. The molecule has 1 aromatic carbocycles. The summed E-state index contributed by atoms with van der Waals surface area (Å²) in [6.45, 7) is 1.47. The van der Waals surface area contributed by atoms with Gasteiger partial charge in [-0.05, 0) is 39.1 Å². The maximum Gasteiger partial charge on any atom is 0.255 e. The van der Waals surface area contributed by atoms with Gasteiger partial charge in [-0.25, -0.2) is 0 Å². The van der Waals surface area contributed by atoms with Crippen molar-refractivity contribution in [3.8, 4) is 5.75 Å². The van der Waals surface area contributed by atoms with Crippen molar-refractivity contribution in [2.75, 3.05) is 21.2 Å². The highest BCUT2D eigenvalue weighted by Gasteiger charge is 2.66. The molecule has 0 bridgehead atoms. The number of ether oxygens (including phenoxy) is 1. The van der Waals surface area contributed by atoms with Crippen LogP contribution in [-0.2, 0) is 20.0 Å². The number of benzene rings is 1. The van der Waals surface area contributed by atoms with Crippen LogP contribution in [0.2, 0.25) is 0 Å². The molecule has 0 unspecified atom stereocenters. The molecular weight excluding hydrogens is 432 g/mol. The van der Waals surface area contributed by atoms with Gasteiger partial charge in [-0.1, -0.05) is 12.1 Å². The fourth-order valence-electron chi connectivity index (χ4n) is 5.66. The number of rotatable bonds is 3. The van der Waals surface area contributed by atoms with E-state index in [1.165, 1.54) is 33.0 Å². The first-order valence-electron chi connectivity index (χ1n) is 10.4. The van der Waals surface area contributed by atoms with Crippen molar-refractivity contribution in [2.24, 2.45) is 17.6 Å². The molecule has 4 rings (SSSR count). The second-order valence-corrected chi connectivity index (χ2v) is 9.14. The lowest BCUT2D eigenvalue weighted by atomic mass is 9.54. The van der Waals surface area contributed by atoms with Crippen molar-refractivity contribution >= 4 is 23.2 Å². The summed E-state index contributed by atoms with van der Waals surface area (Å²) in [4.78, 5) is 40.3. The number of carbonyl (C=O) groups is 3. The zero-order valence-corrected chi connectivity index (χ0v) is 18.6. The highest BCUT2D eigenvalue weighted by Crippen LogP contribution is 2.57. The topological polar surface area (TPSA) is 171 Å². The van der Waals surface area contributed by atoms with Crippen molar-refractivity contribution in [3.05, 3.63) is 46.2 Å². The molecule has 1 amide bonds. The number of aliphatic hydroxyl groups is 4. The number of ketones is 2. The Kier molecular flexibility index (Phi) is 4.97. The van der Waals surface area contributed by atoms with Crippen LogP contribution in [0.5, 0.6) is 5.75 Å². The molecule has 3 aliphatic carbocycles. The minimum absolute atomic E-state index is 0.0845. The standard InChI is InChI=1S/C23H26N2O8/c1-22(31)9-6-5-7-12(33-4)13(9)17(26)14-10(22)8-11-16(25(2)3)18(27)15(21(24)30)20(29)23(11,32)19(14)28/h5-7,10-11,16,26,29,31-32H,8H2,1-4H3,(H2,24,30)/t10-,11-,16-,22+,23-/m0/s1. The monoisotopic (exact) mass is 458 g/mol. The van der Waals surface area contributed by atoms with E-state index in [9.17, 15) is 34.8 Å². The van der Waals surface area contributed by atoms with E-state index < -0.39 is 63.6 Å². The molecule has 33 heavy (non-hydrogen) atoms. The van der Waals surface area contributed by atoms with E-state index in [0.29, 0.717) is 5.56 Å². The van der Waals surface area contributed by atoms with Crippen LogP contribution in [0.4, 0.5) is 0 Å². The molecular formula is C23H26N2O8. The van der Waals surface area contributed by atoms with Gasteiger partial charge in [0.15, 0.2) is 11.4 Å². The molecule has 0 heterocycles. The maximum absolute atomic E-state index is 13.8. The van der Waals surface area contributed by atoms with Crippen LogP contribution < -0.4 is 10.5 Å². The third kappa shape index (κ3) is 2.74. The number of aliphatic hydroxyl groups excluding tert-OH is 2. The number of amides is 1. The largest absolute Gasteiger partial charge is 0.508 e. The van der Waals surface area contributed by atoms with Crippen LogP contribution in [0.25, 0.3) is 5.76 Å². The molecule has 176 valence electrons. The normalized spacial score (nSPS) is 33.6. The van der Waals surface area contributed by atoms with Crippen LogP contribution >= 0.6 is 0 Å². The van der Waals surface area contributed by atoms with Gasteiger partial charge in [0.05, 0.1) is 24.3 Å². The van der Waals surface area contributed by atoms with Crippen molar-refractivity contribution in [1.29, 1.82) is 0 Å². The lowest BCUT2D eigenvalue weighted by Crippen LogP contribution is -2.67. The Bertz CT molecular complexity index is 1160. The van der Waals surface area contributed by atoms with Gasteiger partial charge in [-0.15, -0.1) is 0 Å². The van der Waals surface area contributed by atoms with E-state index in [-0.39, 0.29) is 23.3 Å². The zero-order valence-electron chi connectivity index (χ0n) is 18.6. The fourth-order valence-corrected chi connectivity index (χ4v) is 5.66. The van der Waals surface area contributed by atoms with Crippen molar-refractivity contribution in [2.45, 2.75) is 30.6 Å². The third-order valence-corrected chi connectivity index (χ3v) is 7.22. The number of hydrogen-bond donors (Lipinski definition) is 5. The average Bonchev–Trinajstić information content (AvgIpc) is 2.73. The highest BCUT2D eigenvalue weighted by molar-refractivity contribution is 6.24. The van der Waals surface area contributed by atoms with Crippen LogP contribution in [0, 0.1) is 11.8 Å². The van der Waals surface area contributed by atoms with E-state index >= 15 is 0 Å². The molecule has 0 spiro atoms. The number of methoxy groups -OCH3 is 1. The molecule has 1 aromatic rings. The Hall–Kier alpha value is -3.21. The van der Waals surface area contributed by atoms with Gasteiger partial charge in [-0.3, -0.25) is 19.3 Å². The smallest absolute Gasteiger partial charge is 0.255 e. The van der Waals surface area contributed by atoms with E-state index in [0.717, 1.165) is 0 Å². The minimum atomic E-state index is -2.71. The molecule has 6 N–H and O–H groups in total. The van der Waals surface area contributed by atoms with E-state index in [1.54, 1.807) is 18.2 Å². The molecule has 1 fully saturated rings.